The Labute approximate surface area is 159 Å². The van der Waals surface area contributed by atoms with Gasteiger partial charge in [0.25, 0.3) is 5.69 Å². The second-order valence-corrected chi connectivity index (χ2v) is 8.07. The SMILES string of the molecule is Cc1sc2ncnc(NC(=O)OC(C)(C)C)c2c1-c1ccc([N+](=O)[O-])cc1. The van der Waals surface area contributed by atoms with Gasteiger partial charge in [0.2, 0.25) is 0 Å². The highest BCUT2D eigenvalue weighted by atomic mass is 32.1. The third-order valence-electron chi connectivity index (χ3n) is 3.65. The fraction of sp³-hybridized carbons (Fsp3) is 0.278. The van der Waals surface area contributed by atoms with Gasteiger partial charge in [-0.2, -0.15) is 0 Å². The predicted octanol–water partition coefficient (Wildman–Crippen LogP) is 4.92. The van der Waals surface area contributed by atoms with Gasteiger partial charge in [-0.25, -0.2) is 14.8 Å². The highest BCUT2D eigenvalue weighted by Crippen LogP contribution is 2.40. The lowest BCUT2D eigenvalue weighted by atomic mass is 10.0. The normalized spacial score (nSPS) is 11.4. The van der Waals surface area contributed by atoms with Crippen LogP contribution in [0.1, 0.15) is 25.6 Å². The van der Waals surface area contributed by atoms with E-state index in [0.29, 0.717) is 16.0 Å². The number of non-ortho nitro benzene ring substituents is 1. The number of nitrogens with one attached hydrogen (secondary N) is 1. The molecule has 0 saturated heterocycles. The summed E-state index contributed by atoms with van der Waals surface area (Å²) in [7, 11) is 0. The number of hydrogen-bond donors (Lipinski definition) is 1. The average Bonchev–Trinajstić information content (AvgIpc) is 2.90. The Hall–Kier alpha value is -3.07. The van der Waals surface area contributed by atoms with Crippen LogP contribution in [0.3, 0.4) is 0 Å². The van der Waals surface area contributed by atoms with E-state index in [1.807, 2.05) is 6.92 Å². The minimum absolute atomic E-state index is 0.0132. The van der Waals surface area contributed by atoms with E-state index in [1.54, 1.807) is 32.9 Å². The Kier molecular flexibility index (Phi) is 4.79. The monoisotopic (exact) mass is 386 g/mol. The largest absolute Gasteiger partial charge is 0.444 e. The topological polar surface area (TPSA) is 107 Å². The molecule has 1 aromatic carbocycles. The van der Waals surface area contributed by atoms with Gasteiger partial charge in [0.1, 0.15) is 22.6 Å². The molecule has 140 valence electrons. The molecule has 3 aromatic rings. The van der Waals surface area contributed by atoms with Crippen LogP contribution in [-0.2, 0) is 4.74 Å². The standard InChI is InChI=1S/C18H18N4O4S/c1-10-13(11-5-7-12(8-6-11)22(24)25)14-15(19-9-20-16(14)27-10)21-17(23)26-18(2,3)4/h5-9H,1-4H3,(H,19,20,21,23). The van der Waals surface area contributed by atoms with Crippen molar-refractivity contribution in [3.63, 3.8) is 0 Å². The zero-order chi connectivity index (χ0) is 19.8. The molecule has 0 aliphatic carbocycles. The molecule has 0 radical (unpaired) electrons. The van der Waals surface area contributed by atoms with Crippen LogP contribution in [0.15, 0.2) is 30.6 Å². The lowest BCUT2D eigenvalue weighted by molar-refractivity contribution is -0.384. The minimum Gasteiger partial charge on any atom is -0.444 e. The highest BCUT2D eigenvalue weighted by molar-refractivity contribution is 7.19. The summed E-state index contributed by atoms with van der Waals surface area (Å²) in [5.74, 6) is 0.340. The van der Waals surface area contributed by atoms with E-state index in [1.165, 1.54) is 29.8 Å². The number of benzene rings is 1. The zero-order valence-corrected chi connectivity index (χ0v) is 16.1. The zero-order valence-electron chi connectivity index (χ0n) is 15.3. The smallest absolute Gasteiger partial charge is 0.413 e. The number of ether oxygens (including phenoxy) is 1. The van der Waals surface area contributed by atoms with Gasteiger partial charge in [-0.15, -0.1) is 11.3 Å². The third-order valence-corrected chi connectivity index (χ3v) is 4.66. The molecule has 0 aliphatic rings. The van der Waals surface area contributed by atoms with Crippen LogP contribution in [0.2, 0.25) is 0 Å². The average molecular weight is 386 g/mol. The van der Waals surface area contributed by atoms with Gasteiger partial charge in [0.15, 0.2) is 0 Å². The van der Waals surface area contributed by atoms with Crippen LogP contribution < -0.4 is 5.32 Å². The van der Waals surface area contributed by atoms with E-state index >= 15 is 0 Å². The highest BCUT2D eigenvalue weighted by Gasteiger charge is 2.21. The lowest BCUT2D eigenvalue weighted by Gasteiger charge is -2.19. The fourth-order valence-corrected chi connectivity index (χ4v) is 3.65. The number of rotatable bonds is 3. The first kappa shape index (κ1) is 18.7. The molecular weight excluding hydrogens is 368 g/mol. The number of thiophene rings is 1. The maximum Gasteiger partial charge on any atom is 0.413 e. The quantitative estimate of drug-likeness (QED) is 0.505. The molecule has 0 unspecified atom stereocenters. The second-order valence-electron chi connectivity index (χ2n) is 6.87. The Bertz CT molecular complexity index is 1020. The van der Waals surface area contributed by atoms with Crippen LogP contribution >= 0.6 is 11.3 Å². The van der Waals surface area contributed by atoms with Crippen molar-refractivity contribution in [2.24, 2.45) is 0 Å². The number of carbonyl (C=O) groups is 1. The molecule has 0 aliphatic heterocycles. The van der Waals surface area contributed by atoms with Crippen LogP contribution in [0.4, 0.5) is 16.3 Å². The first-order valence-electron chi connectivity index (χ1n) is 8.14. The molecule has 0 saturated carbocycles. The molecule has 0 bridgehead atoms. The summed E-state index contributed by atoms with van der Waals surface area (Å²) >= 11 is 1.46. The van der Waals surface area contributed by atoms with Crippen LogP contribution in [0.5, 0.6) is 0 Å². The number of amides is 1. The van der Waals surface area contributed by atoms with E-state index in [0.717, 1.165) is 16.0 Å². The molecule has 8 nitrogen and oxygen atoms in total. The number of fused-ring (bicyclic) bond motifs is 1. The molecule has 9 heteroatoms. The summed E-state index contributed by atoms with van der Waals surface area (Å²) in [6.07, 6.45) is 0.769. The molecule has 0 spiro atoms. The fourth-order valence-electron chi connectivity index (χ4n) is 2.64. The molecule has 1 amide bonds. The van der Waals surface area contributed by atoms with Crippen LogP contribution in [0.25, 0.3) is 21.3 Å². The van der Waals surface area contributed by atoms with Crippen molar-refractivity contribution in [3.8, 4) is 11.1 Å². The van der Waals surface area contributed by atoms with Crippen molar-refractivity contribution in [1.82, 2.24) is 9.97 Å². The molecule has 0 atom stereocenters. The minimum atomic E-state index is -0.637. The van der Waals surface area contributed by atoms with Crippen molar-refractivity contribution in [1.29, 1.82) is 0 Å². The summed E-state index contributed by atoms with van der Waals surface area (Å²) in [5.41, 5.74) is 0.990. The summed E-state index contributed by atoms with van der Waals surface area (Å²) in [6.45, 7) is 7.26. The van der Waals surface area contributed by atoms with Crippen molar-refractivity contribution >= 4 is 39.2 Å². The Morgan fingerprint density at radius 2 is 1.89 bits per heavy atom. The molecule has 2 aromatic heterocycles. The number of nitro groups is 1. The van der Waals surface area contributed by atoms with Gasteiger partial charge < -0.3 is 4.74 Å². The molecule has 1 N–H and O–H groups in total. The number of aromatic nitrogens is 2. The summed E-state index contributed by atoms with van der Waals surface area (Å²) in [5, 5.41) is 14.3. The van der Waals surface area contributed by atoms with Gasteiger partial charge in [-0.3, -0.25) is 15.4 Å². The second kappa shape index (κ2) is 6.92. The third kappa shape index (κ3) is 4.03. The number of carbonyl (C=O) groups excluding carboxylic acids is 1. The van der Waals surface area contributed by atoms with E-state index in [2.05, 4.69) is 15.3 Å². The van der Waals surface area contributed by atoms with Gasteiger partial charge in [-0.1, -0.05) is 0 Å². The number of anilines is 1. The van der Waals surface area contributed by atoms with E-state index < -0.39 is 16.6 Å². The van der Waals surface area contributed by atoms with E-state index in [4.69, 9.17) is 4.74 Å². The van der Waals surface area contributed by atoms with Gasteiger partial charge in [-0.05, 0) is 45.4 Å². The Morgan fingerprint density at radius 3 is 2.48 bits per heavy atom. The van der Waals surface area contributed by atoms with Crippen LogP contribution in [-0.4, -0.2) is 26.6 Å². The number of nitrogens with zero attached hydrogens (tertiary/aromatic N) is 3. The Morgan fingerprint density at radius 1 is 1.22 bits per heavy atom. The van der Waals surface area contributed by atoms with Crippen LogP contribution in [0, 0.1) is 17.0 Å². The predicted molar refractivity (Wildman–Crippen MR) is 104 cm³/mol. The van der Waals surface area contributed by atoms with E-state index in [-0.39, 0.29) is 5.69 Å². The molecule has 3 rings (SSSR count). The van der Waals surface area contributed by atoms with Crippen molar-refractivity contribution in [2.75, 3.05) is 5.32 Å². The molecular formula is C18H18N4O4S. The Balaban J connectivity index is 2.07. The van der Waals surface area contributed by atoms with Gasteiger partial charge in [0, 0.05) is 22.6 Å². The molecule has 0 fully saturated rings. The number of hydrogen-bond acceptors (Lipinski definition) is 7. The maximum absolute atomic E-state index is 12.2. The van der Waals surface area contributed by atoms with Crippen molar-refractivity contribution in [2.45, 2.75) is 33.3 Å². The summed E-state index contributed by atoms with van der Waals surface area (Å²) in [6, 6.07) is 6.25. The van der Waals surface area contributed by atoms with Gasteiger partial charge >= 0.3 is 6.09 Å². The van der Waals surface area contributed by atoms with Crippen molar-refractivity contribution < 1.29 is 14.5 Å². The maximum atomic E-state index is 12.2. The first-order chi connectivity index (χ1) is 12.7. The lowest BCUT2D eigenvalue weighted by Crippen LogP contribution is -2.27. The molecule has 2 heterocycles. The summed E-state index contributed by atoms with van der Waals surface area (Å²) < 4.78 is 5.30. The summed E-state index contributed by atoms with van der Waals surface area (Å²) in [4.78, 5) is 32.8. The first-order valence-corrected chi connectivity index (χ1v) is 8.96. The molecule has 27 heavy (non-hydrogen) atoms. The van der Waals surface area contributed by atoms with Crippen molar-refractivity contribution in [3.05, 3.63) is 45.6 Å². The number of aryl methyl sites for hydroxylation is 1. The van der Waals surface area contributed by atoms with Gasteiger partial charge in [0.05, 0.1) is 10.3 Å². The van der Waals surface area contributed by atoms with E-state index in [9.17, 15) is 14.9 Å². The number of nitro benzene ring substituents is 1.